The van der Waals surface area contributed by atoms with Crippen LogP contribution in [0, 0.1) is 10.1 Å². The van der Waals surface area contributed by atoms with E-state index in [1.54, 1.807) is 19.2 Å². The van der Waals surface area contributed by atoms with Gasteiger partial charge >= 0.3 is 0 Å². The number of hydrogen-bond donors (Lipinski definition) is 1. The smallest absolute Gasteiger partial charge is 0.269 e. The van der Waals surface area contributed by atoms with Crippen LogP contribution < -0.4 is 9.46 Å². The van der Waals surface area contributed by atoms with Gasteiger partial charge in [0, 0.05) is 30.7 Å². The van der Waals surface area contributed by atoms with Crippen LogP contribution in [0.3, 0.4) is 0 Å². The number of aromatic nitrogens is 1. The average molecular weight is 417 g/mol. The molecular formula is C19H19N3O6S. The highest BCUT2D eigenvalue weighted by Gasteiger charge is 2.14. The van der Waals surface area contributed by atoms with Crippen LogP contribution in [0.25, 0.3) is 11.5 Å². The average Bonchev–Trinajstić information content (AvgIpc) is 3.17. The number of hydrogen-bond acceptors (Lipinski definition) is 7. The number of ether oxygens (including phenoxy) is 1. The zero-order valence-electron chi connectivity index (χ0n) is 15.6. The molecular weight excluding hydrogens is 398 g/mol. The van der Waals surface area contributed by atoms with E-state index in [2.05, 4.69) is 9.71 Å². The van der Waals surface area contributed by atoms with Crippen molar-refractivity contribution in [2.75, 3.05) is 13.7 Å². The molecule has 0 radical (unpaired) electrons. The minimum Gasteiger partial charge on any atom is -0.497 e. The third-order valence-corrected chi connectivity index (χ3v) is 5.45. The predicted octanol–water partition coefficient (Wildman–Crippen LogP) is 2.92. The first-order chi connectivity index (χ1) is 13.9. The van der Waals surface area contributed by atoms with Crippen molar-refractivity contribution < 1.29 is 22.5 Å². The fourth-order valence-corrected chi connectivity index (χ4v) is 3.75. The van der Waals surface area contributed by atoms with Crippen LogP contribution in [0.15, 0.2) is 59.2 Å². The van der Waals surface area contributed by atoms with Crippen LogP contribution in [0.1, 0.15) is 11.3 Å². The SMILES string of the molecule is COc1ccc(-c2nc(CCNS(=O)(=O)Cc3ccc([N+](=O)[O-])cc3)co2)cc1. The molecule has 0 bridgehead atoms. The van der Waals surface area contributed by atoms with Crippen molar-refractivity contribution in [3.05, 3.63) is 76.2 Å². The van der Waals surface area contributed by atoms with E-state index in [-0.39, 0.29) is 18.0 Å². The number of sulfonamides is 1. The highest BCUT2D eigenvalue weighted by Crippen LogP contribution is 2.22. The number of oxazole rings is 1. The third-order valence-electron chi connectivity index (χ3n) is 4.10. The van der Waals surface area contributed by atoms with Gasteiger partial charge in [-0.05, 0) is 29.8 Å². The Hall–Kier alpha value is -3.24. The number of nitrogens with zero attached hydrogens (tertiary/aromatic N) is 2. The van der Waals surface area contributed by atoms with Crippen molar-refractivity contribution in [3.63, 3.8) is 0 Å². The standard InChI is InChI=1S/C19H19N3O6S/c1-27-18-8-4-15(5-9-18)19-21-16(12-28-19)10-11-20-29(25,26)13-14-2-6-17(7-3-14)22(23)24/h2-9,12,20H,10-11,13H2,1H3. The van der Waals surface area contributed by atoms with Gasteiger partial charge in [0.1, 0.15) is 12.0 Å². The maximum Gasteiger partial charge on any atom is 0.269 e. The van der Waals surface area contributed by atoms with Crippen molar-refractivity contribution in [2.45, 2.75) is 12.2 Å². The van der Waals surface area contributed by atoms with E-state index in [1.807, 2.05) is 12.1 Å². The van der Waals surface area contributed by atoms with Crippen molar-refractivity contribution in [1.29, 1.82) is 0 Å². The molecule has 0 amide bonds. The Morgan fingerprint density at radius 2 is 1.83 bits per heavy atom. The molecule has 0 atom stereocenters. The normalized spacial score (nSPS) is 11.3. The fourth-order valence-electron chi connectivity index (χ4n) is 2.61. The van der Waals surface area contributed by atoms with Gasteiger partial charge in [-0.15, -0.1) is 0 Å². The van der Waals surface area contributed by atoms with Crippen LogP contribution >= 0.6 is 0 Å². The van der Waals surface area contributed by atoms with Crippen LogP contribution in [0.4, 0.5) is 5.69 Å². The number of non-ortho nitro benzene ring substituents is 1. The number of methoxy groups -OCH3 is 1. The molecule has 3 rings (SSSR count). The second kappa shape index (κ2) is 8.84. The molecule has 3 aromatic rings. The molecule has 152 valence electrons. The lowest BCUT2D eigenvalue weighted by atomic mass is 10.2. The summed E-state index contributed by atoms with van der Waals surface area (Å²) in [5.41, 5.74) is 1.79. The van der Waals surface area contributed by atoms with Gasteiger partial charge in [0.05, 0.1) is 23.5 Å². The largest absolute Gasteiger partial charge is 0.497 e. The summed E-state index contributed by atoms with van der Waals surface area (Å²) in [7, 11) is -2.00. The topological polar surface area (TPSA) is 125 Å². The van der Waals surface area contributed by atoms with Gasteiger partial charge in [-0.2, -0.15) is 0 Å². The van der Waals surface area contributed by atoms with Gasteiger partial charge in [0.2, 0.25) is 15.9 Å². The Morgan fingerprint density at radius 1 is 1.14 bits per heavy atom. The van der Waals surface area contributed by atoms with Crippen molar-refractivity contribution in [1.82, 2.24) is 9.71 Å². The van der Waals surface area contributed by atoms with Gasteiger partial charge in [0.15, 0.2) is 0 Å². The molecule has 10 heteroatoms. The highest BCUT2D eigenvalue weighted by atomic mass is 32.2. The van der Waals surface area contributed by atoms with Crippen molar-refractivity contribution in [3.8, 4) is 17.2 Å². The third kappa shape index (κ3) is 5.62. The van der Waals surface area contributed by atoms with E-state index in [0.717, 1.165) is 11.3 Å². The lowest BCUT2D eigenvalue weighted by Crippen LogP contribution is -2.27. The molecule has 0 saturated carbocycles. The van der Waals surface area contributed by atoms with Gasteiger partial charge in [-0.1, -0.05) is 12.1 Å². The van der Waals surface area contributed by atoms with Gasteiger partial charge in [-0.3, -0.25) is 10.1 Å². The Labute approximate surface area is 167 Å². The molecule has 0 aliphatic rings. The van der Waals surface area contributed by atoms with Crippen LogP contribution in [-0.4, -0.2) is 32.0 Å². The summed E-state index contributed by atoms with van der Waals surface area (Å²) in [6.45, 7) is 0.157. The van der Waals surface area contributed by atoms with Crippen molar-refractivity contribution in [2.24, 2.45) is 0 Å². The van der Waals surface area contributed by atoms with E-state index in [9.17, 15) is 18.5 Å². The molecule has 2 aromatic carbocycles. The molecule has 0 aliphatic heterocycles. The van der Waals surface area contributed by atoms with E-state index < -0.39 is 14.9 Å². The highest BCUT2D eigenvalue weighted by molar-refractivity contribution is 7.88. The zero-order valence-corrected chi connectivity index (χ0v) is 16.4. The summed E-state index contributed by atoms with van der Waals surface area (Å²) in [5, 5.41) is 10.7. The molecule has 0 spiro atoms. The van der Waals surface area contributed by atoms with E-state index in [1.165, 1.54) is 30.5 Å². The number of benzene rings is 2. The summed E-state index contributed by atoms with van der Waals surface area (Å²) in [6.07, 6.45) is 1.85. The second-order valence-corrected chi connectivity index (χ2v) is 8.01. The van der Waals surface area contributed by atoms with Crippen LogP contribution in [0.2, 0.25) is 0 Å². The van der Waals surface area contributed by atoms with E-state index in [4.69, 9.17) is 9.15 Å². The minimum atomic E-state index is -3.58. The molecule has 0 saturated heterocycles. The zero-order chi connectivity index (χ0) is 20.9. The van der Waals surface area contributed by atoms with Crippen LogP contribution in [0.5, 0.6) is 5.75 Å². The number of nitrogens with one attached hydrogen (secondary N) is 1. The molecule has 9 nitrogen and oxygen atoms in total. The Morgan fingerprint density at radius 3 is 2.45 bits per heavy atom. The molecule has 0 aliphatic carbocycles. The lowest BCUT2D eigenvalue weighted by Gasteiger charge is -2.06. The Bertz CT molecular complexity index is 1080. The second-order valence-electron chi connectivity index (χ2n) is 6.20. The lowest BCUT2D eigenvalue weighted by molar-refractivity contribution is -0.384. The maximum absolute atomic E-state index is 12.2. The van der Waals surface area contributed by atoms with Crippen molar-refractivity contribution >= 4 is 15.7 Å². The van der Waals surface area contributed by atoms with Crippen LogP contribution in [-0.2, 0) is 22.2 Å². The van der Waals surface area contributed by atoms with E-state index in [0.29, 0.717) is 23.6 Å². The molecule has 1 heterocycles. The fraction of sp³-hybridized carbons (Fsp3) is 0.211. The number of rotatable bonds is 9. The molecule has 0 fully saturated rings. The summed E-state index contributed by atoms with van der Waals surface area (Å²) in [5.74, 6) is 0.903. The van der Waals surface area contributed by atoms with Gasteiger partial charge in [-0.25, -0.2) is 18.1 Å². The molecule has 1 N–H and O–H groups in total. The predicted molar refractivity (Wildman–Crippen MR) is 106 cm³/mol. The first kappa shape index (κ1) is 20.5. The summed E-state index contributed by atoms with van der Waals surface area (Å²) in [6, 6.07) is 12.6. The Balaban J connectivity index is 1.53. The quantitative estimate of drug-likeness (QED) is 0.419. The first-order valence-corrected chi connectivity index (χ1v) is 10.3. The minimum absolute atomic E-state index is 0.0854. The molecule has 0 unspecified atom stereocenters. The van der Waals surface area contributed by atoms with Gasteiger partial charge in [0.25, 0.3) is 5.69 Å². The van der Waals surface area contributed by atoms with Gasteiger partial charge < -0.3 is 9.15 Å². The van der Waals surface area contributed by atoms with E-state index >= 15 is 0 Å². The molecule has 1 aromatic heterocycles. The Kier molecular flexibility index (Phi) is 6.25. The summed E-state index contributed by atoms with van der Waals surface area (Å²) in [4.78, 5) is 14.5. The molecule has 29 heavy (non-hydrogen) atoms. The number of nitro benzene ring substituents is 1. The monoisotopic (exact) mass is 417 g/mol. The maximum atomic E-state index is 12.2. The summed E-state index contributed by atoms with van der Waals surface area (Å²) >= 11 is 0. The first-order valence-electron chi connectivity index (χ1n) is 8.66. The number of nitro groups is 1. The summed E-state index contributed by atoms with van der Waals surface area (Å²) < 4.78 is 37.4.